The number of nitrogens with zero attached hydrogens (tertiary/aromatic N) is 3. The number of nitro benzene ring substituents is 1. The van der Waals surface area contributed by atoms with Crippen LogP contribution in [0.4, 0.5) is 11.4 Å². The first-order chi connectivity index (χ1) is 10.4. The predicted octanol–water partition coefficient (Wildman–Crippen LogP) is 1.93. The van der Waals surface area contributed by atoms with E-state index in [-0.39, 0.29) is 16.9 Å². The van der Waals surface area contributed by atoms with E-state index in [1.165, 1.54) is 12.1 Å². The first-order valence-electron chi connectivity index (χ1n) is 6.44. The number of non-ortho nitro benzene ring substituents is 1. The molecule has 9 heteroatoms. The smallest absolute Gasteiger partial charge is 0.340 e. The molecule has 0 radical (unpaired) electrons. The summed E-state index contributed by atoms with van der Waals surface area (Å²) in [4.78, 5) is 34.2. The molecule has 0 bridgehead atoms. The zero-order valence-electron chi connectivity index (χ0n) is 12.0. The van der Waals surface area contributed by atoms with Gasteiger partial charge in [0, 0.05) is 18.6 Å². The van der Waals surface area contributed by atoms with E-state index in [4.69, 9.17) is 0 Å². The van der Waals surface area contributed by atoms with Crippen LogP contribution in [0.2, 0.25) is 0 Å². The zero-order chi connectivity index (χ0) is 16.3. The van der Waals surface area contributed by atoms with Gasteiger partial charge in [-0.15, -0.1) is 0 Å². The van der Waals surface area contributed by atoms with Crippen molar-refractivity contribution in [2.75, 3.05) is 19.0 Å². The average Bonchev–Trinajstić information content (AvgIpc) is 2.94. The molecule has 0 spiro atoms. The first kappa shape index (κ1) is 15.5. The Kier molecular flexibility index (Phi) is 4.15. The third kappa shape index (κ3) is 2.92. The van der Waals surface area contributed by atoms with Gasteiger partial charge < -0.3 is 10.1 Å². The van der Waals surface area contributed by atoms with Crippen LogP contribution in [0.15, 0.2) is 28.4 Å². The molecule has 1 heterocycles. The lowest BCUT2D eigenvalue weighted by Gasteiger charge is -2.18. The topological polar surface area (TPSA) is 123 Å². The van der Waals surface area contributed by atoms with Crippen LogP contribution in [0.25, 0.3) is 0 Å². The second kappa shape index (κ2) is 5.88. The number of nitrogens with one attached hydrogen (secondary N) is 1. The minimum atomic E-state index is -1.00. The molecule has 0 aliphatic carbocycles. The van der Waals surface area contributed by atoms with Gasteiger partial charge in [0.1, 0.15) is 0 Å². The Morgan fingerprint density at radius 2 is 2.18 bits per heavy atom. The van der Waals surface area contributed by atoms with Crippen LogP contribution in [0, 0.1) is 10.1 Å². The van der Waals surface area contributed by atoms with Crippen LogP contribution >= 0.6 is 0 Å². The van der Waals surface area contributed by atoms with Crippen molar-refractivity contribution in [2.24, 2.45) is 10.2 Å². The van der Waals surface area contributed by atoms with Crippen LogP contribution in [-0.4, -0.2) is 36.0 Å². The number of anilines is 1. The monoisotopic (exact) mass is 306 g/mol. The number of carbonyl (C=O) groups excluding carboxylic acids is 2. The number of methoxy groups -OCH3 is 1. The normalized spacial score (nSPS) is 19.7. The highest BCUT2D eigenvalue weighted by molar-refractivity contribution is 6.04. The number of amides is 1. The van der Waals surface area contributed by atoms with E-state index in [9.17, 15) is 19.7 Å². The Bertz CT molecular complexity index is 672. The van der Waals surface area contributed by atoms with Gasteiger partial charge in [-0.3, -0.25) is 14.9 Å². The number of azo groups is 1. The van der Waals surface area contributed by atoms with Crippen LogP contribution in [-0.2, 0) is 9.53 Å². The molecule has 116 valence electrons. The summed E-state index contributed by atoms with van der Waals surface area (Å²) in [5, 5.41) is 21.0. The number of carbonyl (C=O) groups is 2. The summed E-state index contributed by atoms with van der Waals surface area (Å²) in [7, 11) is 1.15. The number of rotatable bonds is 4. The Balaban J connectivity index is 2.34. The van der Waals surface area contributed by atoms with Crippen molar-refractivity contribution in [1.82, 2.24) is 0 Å². The molecular weight excluding hydrogens is 292 g/mol. The average molecular weight is 306 g/mol. The molecule has 1 unspecified atom stereocenters. The summed E-state index contributed by atoms with van der Waals surface area (Å²) < 4.78 is 4.59. The van der Waals surface area contributed by atoms with Crippen molar-refractivity contribution in [3.05, 3.63) is 33.9 Å². The lowest BCUT2D eigenvalue weighted by molar-refractivity contribution is -0.384. The van der Waals surface area contributed by atoms with Gasteiger partial charge >= 0.3 is 5.97 Å². The van der Waals surface area contributed by atoms with Gasteiger partial charge in [-0.25, -0.2) is 4.79 Å². The molecule has 2 rings (SSSR count). The highest BCUT2D eigenvalue weighted by atomic mass is 16.6. The summed E-state index contributed by atoms with van der Waals surface area (Å²) in [6, 6.07) is 3.54. The maximum atomic E-state index is 12.3. The number of nitro groups is 1. The Hall–Kier alpha value is -2.84. The number of ether oxygens (including phenoxy) is 1. The summed E-state index contributed by atoms with van der Waals surface area (Å²) in [5.74, 6) is -1.22. The lowest BCUT2D eigenvalue weighted by atomic mass is 9.99. The highest BCUT2D eigenvalue weighted by Crippen LogP contribution is 2.27. The van der Waals surface area contributed by atoms with Gasteiger partial charge in [-0.2, -0.15) is 10.2 Å². The van der Waals surface area contributed by atoms with Crippen molar-refractivity contribution < 1.29 is 19.2 Å². The maximum absolute atomic E-state index is 12.3. The first-order valence-corrected chi connectivity index (χ1v) is 6.44. The zero-order valence-corrected chi connectivity index (χ0v) is 12.0. The van der Waals surface area contributed by atoms with Crippen molar-refractivity contribution in [3.8, 4) is 0 Å². The molecular formula is C13H14N4O5. The maximum Gasteiger partial charge on any atom is 0.340 e. The molecule has 1 amide bonds. The van der Waals surface area contributed by atoms with Crippen molar-refractivity contribution in [3.63, 3.8) is 0 Å². The molecule has 22 heavy (non-hydrogen) atoms. The van der Waals surface area contributed by atoms with Crippen molar-refractivity contribution >= 4 is 23.3 Å². The molecule has 0 aromatic heterocycles. The summed E-state index contributed by atoms with van der Waals surface area (Å²) >= 11 is 0. The third-order valence-corrected chi connectivity index (χ3v) is 3.35. The molecule has 1 aliphatic rings. The minimum Gasteiger partial charge on any atom is -0.465 e. The second-order valence-corrected chi connectivity index (χ2v) is 4.92. The van der Waals surface area contributed by atoms with Crippen molar-refractivity contribution in [2.45, 2.75) is 18.9 Å². The Morgan fingerprint density at radius 1 is 1.45 bits per heavy atom. The van der Waals surface area contributed by atoms with E-state index >= 15 is 0 Å². The van der Waals surface area contributed by atoms with Gasteiger partial charge in [0.05, 0.1) is 29.8 Å². The molecule has 1 N–H and O–H groups in total. The highest BCUT2D eigenvalue weighted by Gasteiger charge is 2.36. The van der Waals surface area contributed by atoms with E-state index in [0.29, 0.717) is 13.0 Å². The lowest BCUT2D eigenvalue weighted by Crippen LogP contribution is -2.37. The Labute approximate surface area is 125 Å². The van der Waals surface area contributed by atoms with Crippen LogP contribution < -0.4 is 5.32 Å². The van der Waals surface area contributed by atoms with E-state index in [1.54, 1.807) is 6.92 Å². The van der Waals surface area contributed by atoms with Crippen LogP contribution in [0.5, 0.6) is 0 Å². The van der Waals surface area contributed by atoms with Gasteiger partial charge in [0.15, 0.2) is 5.54 Å². The fourth-order valence-electron chi connectivity index (χ4n) is 1.97. The number of hydrogen-bond acceptors (Lipinski definition) is 7. The van der Waals surface area contributed by atoms with Crippen LogP contribution in [0.1, 0.15) is 23.7 Å². The fraction of sp³-hybridized carbons (Fsp3) is 0.385. The molecule has 1 aromatic rings. The second-order valence-electron chi connectivity index (χ2n) is 4.92. The number of hydrogen-bond donors (Lipinski definition) is 1. The fourth-order valence-corrected chi connectivity index (χ4v) is 1.97. The molecule has 0 saturated heterocycles. The van der Waals surface area contributed by atoms with E-state index < -0.39 is 22.3 Å². The van der Waals surface area contributed by atoms with E-state index in [2.05, 4.69) is 20.3 Å². The molecule has 1 aromatic carbocycles. The predicted molar refractivity (Wildman–Crippen MR) is 75.8 cm³/mol. The van der Waals surface area contributed by atoms with Gasteiger partial charge in [-0.1, -0.05) is 0 Å². The third-order valence-electron chi connectivity index (χ3n) is 3.35. The molecule has 9 nitrogen and oxygen atoms in total. The van der Waals surface area contributed by atoms with Crippen molar-refractivity contribution in [1.29, 1.82) is 0 Å². The quantitative estimate of drug-likeness (QED) is 0.517. The van der Waals surface area contributed by atoms with E-state index in [1.807, 2.05) is 0 Å². The molecule has 1 aliphatic heterocycles. The van der Waals surface area contributed by atoms with Gasteiger partial charge in [0.25, 0.3) is 11.6 Å². The number of esters is 1. The molecule has 0 saturated carbocycles. The van der Waals surface area contributed by atoms with Gasteiger partial charge in [0.2, 0.25) is 0 Å². The number of benzene rings is 1. The SMILES string of the molecule is COC(=O)c1cc([N+](=O)[O-])ccc1NC(=O)C1(C)CCN=N1. The van der Waals surface area contributed by atoms with E-state index in [0.717, 1.165) is 13.2 Å². The summed E-state index contributed by atoms with van der Waals surface area (Å²) in [5.41, 5.74) is -1.24. The van der Waals surface area contributed by atoms with Gasteiger partial charge in [-0.05, 0) is 13.0 Å². The molecule has 0 fully saturated rings. The minimum absolute atomic E-state index is 0.0939. The summed E-state index contributed by atoms with van der Waals surface area (Å²) in [6.45, 7) is 2.08. The Morgan fingerprint density at radius 3 is 2.73 bits per heavy atom. The standard InChI is InChI=1S/C13H14N4O5/c1-13(5-6-14-16-13)12(19)15-10-4-3-8(17(20)21)7-9(10)11(18)22-2/h3-4,7H,5-6H2,1-2H3,(H,15,19). The summed E-state index contributed by atoms with van der Waals surface area (Å²) in [6.07, 6.45) is 0.458. The van der Waals surface area contributed by atoms with Crippen LogP contribution in [0.3, 0.4) is 0 Å². The molecule has 1 atom stereocenters. The largest absolute Gasteiger partial charge is 0.465 e.